The topological polar surface area (TPSA) is 97.6 Å². The molecule has 1 aliphatic carbocycles. The van der Waals surface area contributed by atoms with Gasteiger partial charge in [-0.3, -0.25) is 10.1 Å². The van der Waals surface area contributed by atoms with Gasteiger partial charge in [-0.2, -0.15) is 0 Å². The molecule has 1 saturated carbocycles. The summed E-state index contributed by atoms with van der Waals surface area (Å²) in [7, 11) is 0. The predicted molar refractivity (Wildman–Crippen MR) is 113 cm³/mol. The summed E-state index contributed by atoms with van der Waals surface area (Å²) in [5.41, 5.74) is 2.22. The fourth-order valence-corrected chi connectivity index (χ4v) is 3.78. The lowest BCUT2D eigenvalue weighted by Gasteiger charge is -2.14. The fraction of sp³-hybridized carbons (Fsp3) is 0.261. The van der Waals surface area contributed by atoms with Gasteiger partial charge in [-0.05, 0) is 61.6 Å². The zero-order valence-electron chi connectivity index (χ0n) is 16.3. The van der Waals surface area contributed by atoms with Crippen molar-refractivity contribution in [3.05, 3.63) is 76.1 Å². The first kappa shape index (κ1) is 19.7. The molecular formula is C23H22N2O5. The molecule has 0 saturated heterocycles. The summed E-state index contributed by atoms with van der Waals surface area (Å²) in [6.45, 7) is 0.451. The Morgan fingerprint density at radius 2 is 1.80 bits per heavy atom. The minimum atomic E-state index is -0.976. The van der Waals surface area contributed by atoms with Crippen LogP contribution in [0.2, 0.25) is 0 Å². The molecule has 0 spiro atoms. The predicted octanol–water partition coefficient (Wildman–Crippen LogP) is 4.24. The number of pyridine rings is 1. The van der Waals surface area contributed by atoms with Crippen LogP contribution in [-0.2, 0) is 11.3 Å². The molecule has 4 rings (SSSR count). The van der Waals surface area contributed by atoms with E-state index in [9.17, 15) is 14.4 Å². The number of hydrogen-bond acceptors (Lipinski definition) is 4. The maximum Gasteiger partial charge on any atom is 0.411 e. The third-order valence-corrected chi connectivity index (χ3v) is 5.35. The van der Waals surface area contributed by atoms with Gasteiger partial charge in [-0.25, -0.2) is 9.59 Å². The molecule has 0 aliphatic heterocycles. The first-order valence-corrected chi connectivity index (χ1v) is 9.93. The summed E-state index contributed by atoms with van der Waals surface area (Å²) in [5.74, 6) is -0.976. The Morgan fingerprint density at radius 1 is 1.07 bits per heavy atom. The maximum absolute atomic E-state index is 12.3. The number of carboxylic acids is 1. The number of amides is 1. The average Bonchev–Trinajstić information content (AvgIpc) is 3.23. The number of benzene rings is 2. The van der Waals surface area contributed by atoms with Crippen LogP contribution < -0.4 is 10.7 Å². The van der Waals surface area contributed by atoms with Gasteiger partial charge < -0.3 is 14.4 Å². The lowest BCUT2D eigenvalue weighted by molar-refractivity contribution is 0.0696. The van der Waals surface area contributed by atoms with Crippen molar-refractivity contribution >= 4 is 28.7 Å². The standard InChI is InChI=1S/C23H22N2O5/c26-21-11-12-25(14-15-5-7-16(8-6-15)22(27)28)20-13-17(9-10-19(20)21)24-23(29)30-18-3-1-2-4-18/h5-13,18H,1-4,14H2,(H,24,29)(H,27,28). The number of nitrogens with zero attached hydrogens (tertiary/aromatic N) is 1. The summed E-state index contributed by atoms with van der Waals surface area (Å²) < 4.78 is 7.33. The first-order valence-electron chi connectivity index (χ1n) is 9.93. The highest BCUT2D eigenvalue weighted by Crippen LogP contribution is 2.22. The smallest absolute Gasteiger partial charge is 0.411 e. The number of fused-ring (bicyclic) bond motifs is 1. The van der Waals surface area contributed by atoms with E-state index in [0.29, 0.717) is 23.1 Å². The number of anilines is 1. The molecule has 1 heterocycles. The molecule has 1 aromatic heterocycles. The van der Waals surface area contributed by atoms with Crippen LogP contribution in [0.3, 0.4) is 0 Å². The number of hydrogen-bond donors (Lipinski definition) is 2. The minimum Gasteiger partial charge on any atom is -0.478 e. The molecule has 0 unspecified atom stereocenters. The number of carbonyl (C=O) groups is 2. The van der Waals surface area contributed by atoms with Crippen molar-refractivity contribution in [3.63, 3.8) is 0 Å². The number of aromatic nitrogens is 1. The van der Waals surface area contributed by atoms with Crippen molar-refractivity contribution in [2.75, 3.05) is 5.32 Å². The largest absolute Gasteiger partial charge is 0.478 e. The van der Waals surface area contributed by atoms with Crippen molar-refractivity contribution in [2.24, 2.45) is 0 Å². The number of rotatable bonds is 5. The molecule has 30 heavy (non-hydrogen) atoms. The first-order chi connectivity index (χ1) is 14.5. The van der Waals surface area contributed by atoms with Gasteiger partial charge in [0.15, 0.2) is 5.43 Å². The molecule has 154 valence electrons. The zero-order valence-corrected chi connectivity index (χ0v) is 16.3. The average molecular weight is 406 g/mol. The highest BCUT2D eigenvalue weighted by Gasteiger charge is 2.19. The van der Waals surface area contributed by atoms with Gasteiger partial charge in [-0.1, -0.05) is 12.1 Å². The number of ether oxygens (including phenoxy) is 1. The fourth-order valence-electron chi connectivity index (χ4n) is 3.78. The minimum absolute atomic E-state index is 0.0302. The van der Waals surface area contributed by atoms with Crippen LogP contribution in [0.25, 0.3) is 10.9 Å². The molecule has 7 heteroatoms. The normalized spacial score (nSPS) is 14.0. The van der Waals surface area contributed by atoms with Crippen molar-refractivity contribution in [3.8, 4) is 0 Å². The second-order valence-corrected chi connectivity index (χ2v) is 7.48. The van der Waals surface area contributed by atoms with Crippen LogP contribution in [0.4, 0.5) is 10.5 Å². The molecular weight excluding hydrogens is 384 g/mol. The van der Waals surface area contributed by atoms with E-state index in [2.05, 4.69) is 5.32 Å². The van der Waals surface area contributed by atoms with E-state index in [4.69, 9.17) is 9.84 Å². The molecule has 2 N–H and O–H groups in total. The molecule has 0 bridgehead atoms. The summed E-state index contributed by atoms with van der Waals surface area (Å²) in [5, 5.41) is 12.3. The summed E-state index contributed by atoms with van der Waals surface area (Å²) >= 11 is 0. The van der Waals surface area contributed by atoms with Crippen LogP contribution in [0.15, 0.2) is 59.5 Å². The monoisotopic (exact) mass is 406 g/mol. The van der Waals surface area contributed by atoms with Crippen molar-refractivity contribution in [1.82, 2.24) is 4.57 Å². The molecule has 3 aromatic rings. The van der Waals surface area contributed by atoms with Gasteiger partial charge in [0.05, 0.1) is 11.1 Å². The van der Waals surface area contributed by atoms with Crippen LogP contribution in [-0.4, -0.2) is 27.8 Å². The molecule has 1 aliphatic rings. The molecule has 2 aromatic carbocycles. The summed E-state index contributed by atoms with van der Waals surface area (Å²) in [6.07, 6.45) is 5.11. The van der Waals surface area contributed by atoms with Crippen LogP contribution >= 0.6 is 0 Å². The molecule has 0 atom stereocenters. The summed E-state index contributed by atoms with van der Waals surface area (Å²) in [4.78, 5) is 35.5. The highest BCUT2D eigenvalue weighted by atomic mass is 16.6. The Balaban J connectivity index is 1.58. The van der Waals surface area contributed by atoms with E-state index in [-0.39, 0.29) is 17.1 Å². The van der Waals surface area contributed by atoms with Crippen LogP contribution in [0.1, 0.15) is 41.6 Å². The van der Waals surface area contributed by atoms with Gasteiger partial charge in [0.25, 0.3) is 0 Å². The summed E-state index contributed by atoms with van der Waals surface area (Å²) in [6, 6.07) is 13.2. The van der Waals surface area contributed by atoms with Gasteiger partial charge in [-0.15, -0.1) is 0 Å². The van der Waals surface area contributed by atoms with Gasteiger partial charge in [0.1, 0.15) is 6.10 Å². The second kappa shape index (κ2) is 8.41. The van der Waals surface area contributed by atoms with Crippen molar-refractivity contribution in [2.45, 2.75) is 38.3 Å². The number of carbonyl (C=O) groups excluding carboxylic acids is 1. The Labute approximate surface area is 172 Å². The Hall–Kier alpha value is -3.61. The van der Waals surface area contributed by atoms with Crippen LogP contribution in [0.5, 0.6) is 0 Å². The van der Waals surface area contributed by atoms with E-state index >= 15 is 0 Å². The third-order valence-electron chi connectivity index (χ3n) is 5.35. The second-order valence-electron chi connectivity index (χ2n) is 7.48. The van der Waals surface area contributed by atoms with Crippen LogP contribution in [0, 0.1) is 0 Å². The number of aromatic carboxylic acids is 1. The maximum atomic E-state index is 12.3. The Kier molecular flexibility index (Phi) is 5.52. The highest BCUT2D eigenvalue weighted by molar-refractivity contribution is 5.90. The lowest BCUT2D eigenvalue weighted by Crippen LogP contribution is -2.20. The Morgan fingerprint density at radius 3 is 2.50 bits per heavy atom. The van der Waals surface area contributed by atoms with Gasteiger partial charge in [0, 0.05) is 29.9 Å². The molecule has 1 fully saturated rings. The number of nitrogens with one attached hydrogen (secondary N) is 1. The van der Waals surface area contributed by atoms with Gasteiger partial charge in [0.2, 0.25) is 0 Å². The number of carboxylic acid groups (broad SMARTS) is 1. The quantitative estimate of drug-likeness (QED) is 0.660. The SMILES string of the molecule is O=C(Nc1ccc2c(=O)ccn(Cc3ccc(C(=O)O)cc3)c2c1)OC1CCCC1. The van der Waals surface area contributed by atoms with Gasteiger partial charge >= 0.3 is 12.1 Å². The van der Waals surface area contributed by atoms with E-state index in [1.807, 2.05) is 4.57 Å². The van der Waals surface area contributed by atoms with E-state index in [1.54, 1.807) is 48.7 Å². The molecule has 1 amide bonds. The van der Waals surface area contributed by atoms with E-state index < -0.39 is 12.1 Å². The molecule has 7 nitrogen and oxygen atoms in total. The van der Waals surface area contributed by atoms with Crippen molar-refractivity contribution in [1.29, 1.82) is 0 Å². The Bertz CT molecular complexity index is 1140. The zero-order chi connectivity index (χ0) is 21.1. The van der Waals surface area contributed by atoms with E-state index in [0.717, 1.165) is 31.2 Å². The lowest BCUT2D eigenvalue weighted by atomic mass is 10.1. The van der Waals surface area contributed by atoms with Crippen molar-refractivity contribution < 1.29 is 19.4 Å². The van der Waals surface area contributed by atoms with E-state index in [1.165, 1.54) is 6.07 Å². The molecule has 0 radical (unpaired) electrons. The third kappa shape index (κ3) is 4.35.